The largest absolute Gasteiger partial charge is 0.390 e. The minimum atomic E-state index is -0.960. The highest BCUT2D eigenvalue weighted by Crippen LogP contribution is 2.38. The van der Waals surface area contributed by atoms with Gasteiger partial charge in [-0.3, -0.25) is 0 Å². The molecule has 0 aromatic carbocycles. The van der Waals surface area contributed by atoms with E-state index in [4.69, 9.17) is 0 Å². The van der Waals surface area contributed by atoms with E-state index >= 15 is 0 Å². The number of nitrogens with zero attached hydrogens (tertiary/aromatic N) is 1. The summed E-state index contributed by atoms with van der Waals surface area (Å²) in [6.45, 7) is 1.83. The summed E-state index contributed by atoms with van der Waals surface area (Å²) in [6, 6.07) is 0. The van der Waals surface area contributed by atoms with E-state index in [0.717, 1.165) is 13.1 Å². The molecule has 1 aliphatic carbocycles. The highest BCUT2D eigenvalue weighted by molar-refractivity contribution is 4.97. The van der Waals surface area contributed by atoms with Gasteiger partial charge in [0, 0.05) is 19.0 Å². The standard InChI is InChI=1S/C8H14FNO/c1-10-3-5-2-7(9)8(11)6(5)4-10/h5-8,11H,2-4H2,1H3/t5-,6+,7-,8-/m0/s1. The van der Waals surface area contributed by atoms with Crippen molar-refractivity contribution in [1.82, 2.24) is 4.90 Å². The molecule has 0 aromatic rings. The van der Waals surface area contributed by atoms with Gasteiger partial charge >= 0.3 is 0 Å². The molecule has 4 atom stereocenters. The van der Waals surface area contributed by atoms with E-state index in [1.54, 1.807) is 0 Å². The fourth-order valence-corrected chi connectivity index (χ4v) is 2.45. The molecule has 3 heteroatoms. The second-order valence-corrected chi connectivity index (χ2v) is 3.89. The molecule has 0 unspecified atom stereocenters. The number of hydrogen-bond donors (Lipinski definition) is 1. The maximum Gasteiger partial charge on any atom is 0.127 e. The minimum Gasteiger partial charge on any atom is -0.390 e. The Morgan fingerprint density at radius 3 is 2.82 bits per heavy atom. The van der Waals surface area contributed by atoms with Gasteiger partial charge in [0.05, 0.1) is 6.10 Å². The monoisotopic (exact) mass is 159 g/mol. The van der Waals surface area contributed by atoms with Crippen molar-refractivity contribution in [1.29, 1.82) is 0 Å². The number of aliphatic hydroxyl groups excluding tert-OH is 1. The summed E-state index contributed by atoms with van der Waals surface area (Å²) in [6.07, 6.45) is -1.08. The maximum absolute atomic E-state index is 12.9. The lowest BCUT2D eigenvalue weighted by molar-refractivity contribution is 0.0656. The summed E-state index contributed by atoms with van der Waals surface area (Å²) >= 11 is 0. The van der Waals surface area contributed by atoms with Crippen LogP contribution in [-0.2, 0) is 0 Å². The average molecular weight is 159 g/mol. The molecule has 2 fully saturated rings. The molecule has 2 rings (SSSR count). The van der Waals surface area contributed by atoms with Crippen molar-refractivity contribution in [3.05, 3.63) is 0 Å². The van der Waals surface area contributed by atoms with Crippen molar-refractivity contribution in [2.45, 2.75) is 18.7 Å². The van der Waals surface area contributed by atoms with Gasteiger partial charge in [0.25, 0.3) is 0 Å². The van der Waals surface area contributed by atoms with E-state index in [1.807, 2.05) is 7.05 Å². The first-order valence-electron chi connectivity index (χ1n) is 4.19. The van der Waals surface area contributed by atoms with Crippen LogP contribution in [0.15, 0.2) is 0 Å². The van der Waals surface area contributed by atoms with Crippen molar-refractivity contribution >= 4 is 0 Å². The average Bonchev–Trinajstić information content (AvgIpc) is 2.37. The van der Waals surface area contributed by atoms with Gasteiger partial charge in [-0.15, -0.1) is 0 Å². The van der Waals surface area contributed by atoms with E-state index in [9.17, 15) is 9.50 Å². The lowest BCUT2D eigenvalue weighted by Gasteiger charge is -2.14. The van der Waals surface area contributed by atoms with Gasteiger partial charge in [0.2, 0.25) is 0 Å². The number of fused-ring (bicyclic) bond motifs is 1. The quantitative estimate of drug-likeness (QED) is 0.548. The first-order valence-corrected chi connectivity index (χ1v) is 4.19. The molecule has 1 saturated carbocycles. The predicted molar refractivity (Wildman–Crippen MR) is 40.0 cm³/mol. The molecule has 0 spiro atoms. The summed E-state index contributed by atoms with van der Waals surface area (Å²) in [7, 11) is 2.03. The fraction of sp³-hybridized carbons (Fsp3) is 1.00. The maximum atomic E-state index is 12.9. The van der Waals surface area contributed by atoms with E-state index in [0.29, 0.717) is 12.3 Å². The summed E-state index contributed by atoms with van der Waals surface area (Å²) < 4.78 is 12.9. The molecule has 0 bridgehead atoms. The third-order valence-corrected chi connectivity index (χ3v) is 3.01. The molecule has 2 aliphatic rings. The number of hydrogen-bond acceptors (Lipinski definition) is 2. The molecular formula is C8H14FNO. The van der Waals surface area contributed by atoms with Crippen LogP contribution < -0.4 is 0 Å². The zero-order valence-electron chi connectivity index (χ0n) is 6.70. The van der Waals surface area contributed by atoms with Gasteiger partial charge in [-0.1, -0.05) is 0 Å². The Morgan fingerprint density at radius 1 is 1.45 bits per heavy atom. The van der Waals surface area contributed by atoms with E-state index in [1.165, 1.54) is 0 Å². The lowest BCUT2D eigenvalue weighted by Crippen LogP contribution is -2.27. The van der Waals surface area contributed by atoms with Gasteiger partial charge in [-0.2, -0.15) is 0 Å². The molecule has 64 valence electrons. The van der Waals surface area contributed by atoms with Crippen molar-refractivity contribution in [2.24, 2.45) is 11.8 Å². The van der Waals surface area contributed by atoms with Crippen LogP contribution in [0.25, 0.3) is 0 Å². The third-order valence-electron chi connectivity index (χ3n) is 3.01. The summed E-state index contributed by atoms with van der Waals surface area (Å²) in [5, 5.41) is 9.38. The number of alkyl halides is 1. The molecule has 1 heterocycles. The van der Waals surface area contributed by atoms with Gasteiger partial charge in [0.15, 0.2) is 0 Å². The zero-order valence-corrected chi connectivity index (χ0v) is 6.70. The molecular weight excluding hydrogens is 145 g/mol. The third kappa shape index (κ3) is 1.07. The highest BCUT2D eigenvalue weighted by Gasteiger charge is 2.46. The van der Waals surface area contributed by atoms with Crippen molar-refractivity contribution in [2.75, 3.05) is 20.1 Å². The SMILES string of the molecule is CN1C[C@@H]2C[C@H](F)[C@@H](O)[C@@H]2C1. The van der Waals surface area contributed by atoms with E-state index in [2.05, 4.69) is 4.90 Å². The van der Waals surface area contributed by atoms with Crippen molar-refractivity contribution in [3.63, 3.8) is 0 Å². The first kappa shape index (κ1) is 7.50. The lowest BCUT2D eigenvalue weighted by atomic mass is 10.00. The van der Waals surface area contributed by atoms with Crippen LogP contribution in [-0.4, -0.2) is 42.4 Å². The van der Waals surface area contributed by atoms with Gasteiger partial charge in [0.1, 0.15) is 6.17 Å². The van der Waals surface area contributed by atoms with Crippen LogP contribution in [0.2, 0.25) is 0 Å². The number of aliphatic hydroxyl groups is 1. The Kier molecular flexibility index (Phi) is 1.65. The Bertz CT molecular complexity index is 164. The Balaban J connectivity index is 2.07. The fourth-order valence-electron chi connectivity index (χ4n) is 2.45. The highest BCUT2D eigenvalue weighted by atomic mass is 19.1. The molecule has 2 nitrogen and oxygen atoms in total. The molecule has 11 heavy (non-hydrogen) atoms. The van der Waals surface area contributed by atoms with Crippen LogP contribution in [0, 0.1) is 11.8 Å². The summed E-state index contributed by atoms with van der Waals surface area (Å²) in [4.78, 5) is 2.17. The van der Waals surface area contributed by atoms with Crippen molar-refractivity contribution < 1.29 is 9.50 Å². The van der Waals surface area contributed by atoms with Crippen LogP contribution in [0.3, 0.4) is 0 Å². The Labute approximate surface area is 66.0 Å². The van der Waals surface area contributed by atoms with Crippen LogP contribution in [0.4, 0.5) is 4.39 Å². The number of rotatable bonds is 0. The normalized spacial score (nSPS) is 51.5. The predicted octanol–water partition coefficient (Wildman–Crippen LogP) is 0.267. The first-order chi connectivity index (χ1) is 5.18. The number of halogens is 1. The van der Waals surface area contributed by atoms with E-state index in [-0.39, 0.29) is 5.92 Å². The topological polar surface area (TPSA) is 23.5 Å². The smallest absolute Gasteiger partial charge is 0.127 e. The van der Waals surface area contributed by atoms with Crippen LogP contribution in [0.5, 0.6) is 0 Å². The summed E-state index contributed by atoms with van der Waals surface area (Å²) in [5.41, 5.74) is 0. The van der Waals surface area contributed by atoms with Gasteiger partial charge in [-0.05, 0) is 19.4 Å². The Morgan fingerprint density at radius 2 is 2.18 bits per heavy atom. The second kappa shape index (κ2) is 2.42. The molecule has 0 aromatic heterocycles. The van der Waals surface area contributed by atoms with Crippen LogP contribution in [0.1, 0.15) is 6.42 Å². The molecule has 1 aliphatic heterocycles. The van der Waals surface area contributed by atoms with Gasteiger partial charge in [-0.25, -0.2) is 4.39 Å². The van der Waals surface area contributed by atoms with Gasteiger partial charge < -0.3 is 10.0 Å². The molecule has 1 N–H and O–H groups in total. The Hall–Kier alpha value is -0.150. The molecule has 0 amide bonds. The summed E-state index contributed by atoms with van der Waals surface area (Å²) in [5.74, 6) is 0.611. The van der Waals surface area contributed by atoms with Crippen molar-refractivity contribution in [3.8, 4) is 0 Å². The zero-order chi connectivity index (χ0) is 8.01. The molecule has 1 saturated heterocycles. The van der Waals surface area contributed by atoms with Crippen LogP contribution >= 0.6 is 0 Å². The van der Waals surface area contributed by atoms with E-state index < -0.39 is 12.3 Å². The number of likely N-dealkylation sites (tertiary alicyclic amines) is 1. The molecule has 0 radical (unpaired) electrons. The minimum absolute atomic E-state index is 0.204. The second-order valence-electron chi connectivity index (χ2n) is 3.89.